The van der Waals surface area contributed by atoms with Gasteiger partial charge in [0.05, 0.1) is 0 Å². The average molecular weight is 176 g/mol. The molecule has 5 heteroatoms. The van der Waals surface area contributed by atoms with Gasteiger partial charge >= 0.3 is 6.16 Å². The second-order valence-corrected chi connectivity index (χ2v) is 3.30. The lowest BCUT2D eigenvalue weighted by atomic mass is 10.4. The summed E-state index contributed by atoms with van der Waals surface area (Å²) >= 11 is 1.13. The summed E-state index contributed by atoms with van der Waals surface area (Å²) in [4.78, 5) is 20.8. The van der Waals surface area contributed by atoms with E-state index >= 15 is 0 Å². The lowest BCUT2D eigenvalue weighted by Gasteiger charge is -2.01. The van der Waals surface area contributed by atoms with Gasteiger partial charge < -0.3 is 9.47 Å². The maximum atomic E-state index is 10.5. The second-order valence-electron chi connectivity index (χ2n) is 2.10. The molecule has 0 aromatic rings. The van der Waals surface area contributed by atoms with E-state index < -0.39 is 6.16 Å². The molecule has 0 aromatic carbocycles. The predicted octanol–water partition coefficient (Wildman–Crippen LogP) is 0.802. The summed E-state index contributed by atoms with van der Waals surface area (Å²) in [6.07, 6.45) is -0.893. The highest BCUT2D eigenvalue weighted by atomic mass is 32.2. The van der Waals surface area contributed by atoms with Crippen molar-refractivity contribution in [3.63, 3.8) is 0 Å². The first-order valence-corrected chi connectivity index (χ1v) is 4.14. The van der Waals surface area contributed by atoms with Gasteiger partial charge in [0, 0.05) is 12.7 Å². The Morgan fingerprint density at radius 3 is 3.00 bits per heavy atom. The first-order valence-electron chi connectivity index (χ1n) is 3.15. The molecule has 4 nitrogen and oxygen atoms in total. The van der Waals surface area contributed by atoms with E-state index in [1.807, 2.05) is 0 Å². The van der Waals surface area contributed by atoms with E-state index in [0.29, 0.717) is 5.75 Å². The van der Waals surface area contributed by atoms with Crippen LogP contribution in [-0.2, 0) is 14.3 Å². The fourth-order valence-electron chi connectivity index (χ4n) is 0.658. The topological polar surface area (TPSA) is 52.6 Å². The van der Waals surface area contributed by atoms with Gasteiger partial charge in [0.2, 0.25) is 0 Å². The van der Waals surface area contributed by atoms with Crippen molar-refractivity contribution in [2.75, 3.05) is 12.4 Å². The number of thioether (sulfide) groups is 1. The van der Waals surface area contributed by atoms with E-state index in [1.165, 1.54) is 6.92 Å². The highest BCUT2D eigenvalue weighted by Gasteiger charge is 2.24. The standard InChI is InChI=1S/C6H8O4S/c1-4(7)11-3-5-2-9-6(8)10-5/h5H,2-3H2,1H3. The molecular formula is C6H8O4S. The lowest BCUT2D eigenvalue weighted by molar-refractivity contribution is -0.109. The molecule has 0 amide bonds. The number of carbonyl (C=O) groups is 2. The molecule has 11 heavy (non-hydrogen) atoms. The van der Waals surface area contributed by atoms with Crippen molar-refractivity contribution in [1.82, 2.24) is 0 Å². The van der Waals surface area contributed by atoms with E-state index in [-0.39, 0.29) is 17.8 Å². The molecule has 0 aromatic heterocycles. The van der Waals surface area contributed by atoms with Gasteiger partial charge in [-0.3, -0.25) is 4.79 Å². The van der Waals surface area contributed by atoms with Crippen molar-refractivity contribution in [2.24, 2.45) is 0 Å². The van der Waals surface area contributed by atoms with Crippen LogP contribution < -0.4 is 0 Å². The molecule has 0 spiro atoms. The zero-order chi connectivity index (χ0) is 8.27. The van der Waals surface area contributed by atoms with Crippen LogP contribution in [0.2, 0.25) is 0 Å². The van der Waals surface area contributed by atoms with Crippen LogP contribution in [0, 0.1) is 0 Å². The summed E-state index contributed by atoms with van der Waals surface area (Å²) in [5.74, 6) is 0.487. The van der Waals surface area contributed by atoms with Crippen LogP contribution in [0.15, 0.2) is 0 Å². The van der Waals surface area contributed by atoms with Crippen LogP contribution in [0.25, 0.3) is 0 Å². The summed E-state index contributed by atoms with van der Waals surface area (Å²) in [5, 5.41) is 0.0212. The molecule has 0 aliphatic carbocycles. The average Bonchev–Trinajstić information content (AvgIpc) is 2.31. The van der Waals surface area contributed by atoms with Gasteiger partial charge in [0.15, 0.2) is 5.12 Å². The molecule has 0 bridgehead atoms. The highest BCUT2D eigenvalue weighted by Crippen LogP contribution is 2.12. The number of ether oxygens (including phenoxy) is 2. The fraction of sp³-hybridized carbons (Fsp3) is 0.667. The Balaban J connectivity index is 2.18. The Morgan fingerprint density at radius 2 is 2.55 bits per heavy atom. The van der Waals surface area contributed by atoms with Crippen LogP contribution >= 0.6 is 11.8 Å². The maximum Gasteiger partial charge on any atom is 0.508 e. The van der Waals surface area contributed by atoms with Crippen molar-refractivity contribution in [3.8, 4) is 0 Å². The zero-order valence-electron chi connectivity index (χ0n) is 6.03. The largest absolute Gasteiger partial charge is 0.508 e. The molecule has 1 atom stereocenters. The number of hydrogen-bond acceptors (Lipinski definition) is 5. The number of rotatable bonds is 2. The van der Waals surface area contributed by atoms with Gasteiger partial charge in [-0.15, -0.1) is 0 Å². The van der Waals surface area contributed by atoms with Crippen molar-refractivity contribution in [2.45, 2.75) is 13.0 Å². The summed E-state index contributed by atoms with van der Waals surface area (Å²) < 4.78 is 9.19. The SMILES string of the molecule is CC(=O)SCC1COC(=O)O1. The first-order chi connectivity index (χ1) is 5.18. The van der Waals surface area contributed by atoms with Gasteiger partial charge in [0.25, 0.3) is 0 Å². The number of carbonyl (C=O) groups excluding carboxylic acids is 2. The molecule has 1 rings (SSSR count). The molecule has 0 N–H and O–H groups in total. The first kappa shape index (κ1) is 8.39. The van der Waals surface area contributed by atoms with Crippen molar-refractivity contribution in [3.05, 3.63) is 0 Å². The van der Waals surface area contributed by atoms with E-state index in [0.717, 1.165) is 11.8 Å². The van der Waals surface area contributed by atoms with Crippen molar-refractivity contribution < 1.29 is 19.1 Å². The van der Waals surface area contributed by atoms with Crippen molar-refractivity contribution >= 4 is 23.0 Å². The fourth-order valence-corrected chi connectivity index (χ4v) is 1.24. The zero-order valence-corrected chi connectivity index (χ0v) is 6.85. The third-order valence-electron chi connectivity index (χ3n) is 1.12. The second kappa shape index (κ2) is 3.61. The monoisotopic (exact) mass is 176 g/mol. The molecule has 0 saturated carbocycles. The van der Waals surface area contributed by atoms with Gasteiger partial charge in [0.1, 0.15) is 12.7 Å². The van der Waals surface area contributed by atoms with Crippen LogP contribution in [-0.4, -0.2) is 29.7 Å². The molecule has 62 valence electrons. The third kappa shape index (κ3) is 2.80. The minimum atomic E-state index is -0.640. The van der Waals surface area contributed by atoms with Gasteiger partial charge in [-0.25, -0.2) is 4.79 Å². The summed E-state index contributed by atoms with van der Waals surface area (Å²) in [7, 11) is 0. The molecule has 0 radical (unpaired) electrons. The maximum absolute atomic E-state index is 10.5. The summed E-state index contributed by atoms with van der Waals surface area (Å²) in [5.41, 5.74) is 0. The molecular weight excluding hydrogens is 168 g/mol. The van der Waals surface area contributed by atoms with Crippen LogP contribution in [0.5, 0.6) is 0 Å². The molecule has 1 fully saturated rings. The summed E-state index contributed by atoms with van der Waals surface area (Å²) in [6.45, 7) is 1.74. The smallest absolute Gasteiger partial charge is 0.430 e. The molecule has 1 heterocycles. The Bertz CT molecular complexity index is 179. The van der Waals surface area contributed by atoms with Gasteiger partial charge in [-0.1, -0.05) is 11.8 Å². The quantitative estimate of drug-likeness (QED) is 0.582. The molecule has 1 unspecified atom stereocenters. The Hall–Kier alpha value is -0.710. The number of cyclic esters (lactones) is 2. The molecule has 1 aliphatic heterocycles. The van der Waals surface area contributed by atoms with Crippen LogP contribution in [0.3, 0.4) is 0 Å². The Labute approximate surface area is 68.2 Å². The van der Waals surface area contributed by atoms with E-state index in [9.17, 15) is 9.59 Å². The third-order valence-corrected chi connectivity index (χ3v) is 2.07. The lowest BCUT2D eigenvalue weighted by Crippen LogP contribution is -2.13. The Kier molecular flexibility index (Phi) is 2.76. The highest BCUT2D eigenvalue weighted by molar-refractivity contribution is 8.13. The number of hydrogen-bond donors (Lipinski definition) is 0. The van der Waals surface area contributed by atoms with Crippen molar-refractivity contribution in [1.29, 1.82) is 0 Å². The predicted molar refractivity (Wildman–Crippen MR) is 39.4 cm³/mol. The van der Waals surface area contributed by atoms with Crippen LogP contribution in [0.1, 0.15) is 6.92 Å². The minimum Gasteiger partial charge on any atom is -0.430 e. The van der Waals surface area contributed by atoms with E-state index in [2.05, 4.69) is 9.47 Å². The normalized spacial score (nSPS) is 22.6. The van der Waals surface area contributed by atoms with Gasteiger partial charge in [-0.2, -0.15) is 0 Å². The molecule has 1 aliphatic rings. The van der Waals surface area contributed by atoms with E-state index in [4.69, 9.17) is 0 Å². The minimum absolute atomic E-state index is 0.0212. The molecule has 1 saturated heterocycles. The summed E-state index contributed by atoms with van der Waals surface area (Å²) in [6, 6.07) is 0. The Morgan fingerprint density at radius 1 is 1.82 bits per heavy atom. The van der Waals surface area contributed by atoms with Gasteiger partial charge in [-0.05, 0) is 0 Å². The van der Waals surface area contributed by atoms with Crippen LogP contribution in [0.4, 0.5) is 4.79 Å². The van der Waals surface area contributed by atoms with E-state index in [1.54, 1.807) is 0 Å².